The fraction of sp³-hybridized carbons (Fsp3) is 0.211. The van der Waals surface area contributed by atoms with Gasteiger partial charge in [0.2, 0.25) is 0 Å². The number of carbonyl (C=O) groups is 1. The molecule has 2 heterocycles. The van der Waals surface area contributed by atoms with Crippen LogP contribution in [0.5, 0.6) is 0 Å². The first kappa shape index (κ1) is 15.9. The lowest BCUT2D eigenvalue weighted by molar-refractivity contribution is 0.0796. The molecule has 0 aliphatic heterocycles. The van der Waals surface area contributed by atoms with Crippen molar-refractivity contribution in [3.05, 3.63) is 71.7 Å². The molecule has 5 nitrogen and oxygen atoms in total. The van der Waals surface area contributed by atoms with Gasteiger partial charge in [-0.2, -0.15) is 0 Å². The molecule has 1 aromatic carbocycles. The summed E-state index contributed by atoms with van der Waals surface area (Å²) in [4.78, 5) is 18.6. The molecular formula is C19H19N3O2. The zero-order valence-corrected chi connectivity index (χ0v) is 13.8. The Labute approximate surface area is 140 Å². The lowest BCUT2D eigenvalue weighted by Gasteiger charge is -2.17. The second-order valence-electron chi connectivity index (χ2n) is 5.68. The van der Waals surface area contributed by atoms with Crippen LogP contribution in [0.25, 0.3) is 11.3 Å². The smallest absolute Gasteiger partial charge is 0.259 e. The van der Waals surface area contributed by atoms with Crippen molar-refractivity contribution in [1.82, 2.24) is 15.0 Å². The van der Waals surface area contributed by atoms with Crippen LogP contribution in [-0.2, 0) is 6.42 Å². The summed E-state index contributed by atoms with van der Waals surface area (Å²) in [6, 6.07) is 13.5. The highest BCUT2D eigenvalue weighted by atomic mass is 16.5. The fourth-order valence-corrected chi connectivity index (χ4v) is 2.54. The lowest BCUT2D eigenvalue weighted by Crippen LogP contribution is -2.29. The molecule has 24 heavy (non-hydrogen) atoms. The maximum Gasteiger partial charge on any atom is 0.259 e. The van der Waals surface area contributed by atoms with E-state index in [0.717, 1.165) is 17.5 Å². The summed E-state index contributed by atoms with van der Waals surface area (Å²) in [7, 11) is 1.79. The maximum absolute atomic E-state index is 12.9. The second kappa shape index (κ2) is 7.08. The van der Waals surface area contributed by atoms with Crippen LogP contribution in [0.1, 0.15) is 21.6 Å². The SMILES string of the molecule is Cc1noc(-c2ccccc2)c1C(=O)N(C)CCc1cccnc1. The summed E-state index contributed by atoms with van der Waals surface area (Å²) in [5, 5.41) is 3.98. The molecule has 122 valence electrons. The Kier molecular flexibility index (Phi) is 4.70. The quantitative estimate of drug-likeness (QED) is 0.723. The Morgan fingerprint density at radius 1 is 1.17 bits per heavy atom. The first-order chi connectivity index (χ1) is 11.7. The molecule has 3 rings (SSSR count). The summed E-state index contributed by atoms with van der Waals surface area (Å²) < 4.78 is 5.41. The van der Waals surface area contributed by atoms with Gasteiger partial charge in [0.25, 0.3) is 5.91 Å². The highest BCUT2D eigenvalue weighted by molar-refractivity contribution is 6.00. The molecule has 0 fully saturated rings. The van der Waals surface area contributed by atoms with Crippen LogP contribution in [0.2, 0.25) is 0 Å². The Balaban J connectivity index is 1.78. The van der Waals surface area contributed by atoms with Gasteiger partial charge in [-0.1, -0.05) is 41.6 Å². The van der Waals surface area contributed by atoms with E-state index < -0.39 is 0 Å². The Morgan fingerprint density at radius 3 is 2.67 bits per heavy atom. The van der Waals surface area contributed by atoms with E-state index in [0.29, 0.717) is 23.6 Å². The van der Waals surface area contributed by atoms with Gasteiger partial charge in [-0.25, -0.2) is 0 Å². The van der Waals surface area contributed by atoms with E-state index in [4.69, 9.17) is 4.52 Å². The van der Waals surface area contributed by atoms with Gasteiger partial charge in [0.1, 0.15) is 5.56 Å². The molecule has 3 aromatic rings. The number of amides is 1. The number of pyridine rings is 1. The molecule has 0 radical (unpaired) electrons. The van der Waals surface area contributed by atoms with Gasteiger partial charge >= 0.3 is 0 Å². The van der Waals surface area contributed by atoms with Crippen molar-refractivity contribution in [3.63, 3.8) is 0 Å². The standard InChI is InChI=1S/C19H19N3O2/c1-14-17(18(24-21-14)16-8-4-3-5-9-16)19(23)22(2)12-10-15-7-6-11-20-13-15/h3-9,11,13H,10,12H2,1-2H3. The average molecular weight is 321 g/mol. The zero-order chi connectivity index (χ0) is 16.9. The van der Waals surface area contributed by atoms with Gasteiger partial charge in [0, 0.05) is 31.5 Å². The number of hydrogen-bond acceptors (Lipinski definition) is 4. The molecule has 0 spiro atoms. The molecule has 5 heteroatoms. The van der Waals surface area contributed by atoms with Crippen molar-refractivity contribution in [2.75, 3.05) is 13.6 Å². The summed E-state index contributed by atoms with van der Waals surface area (Å²) in [5.74, 6) is 0.433. The summed E-state index contributed by atoms with van der Waals surface area (Å²) >= 11 is 0. The van der Waals surface area contributed by atoms with Gasteiger partial charge in [-0.15, -0.1) is 0 Å². The molecule has 1 amide bonds. The summed E-state index contributed by atoms with van der Waals surface area (Å²) in [5.41, 5.74) is 3.08. The third kappa shape index (κ3) is 3.35. The molecule has 2 aromatic heterocycles. The lowest BCUT2D eigenvalue weighted by atomic mass is 10.1. The van der Waals surface area contributed by atoms with Crippen LogP contribution in [0, 0.1) is 6.92 Å². The number of carbonyl (C=O) groups excluding carboxylic acids is 1. The summed E-state index contributed by atoms with van der Waals surface area (Å²) in [6.45, 7) is 2.39. The van der Waals surface area contributed by atoms with Crippen molar-refractivity contribution in [1.29, 1.82) is 0 Å². The van der Waals surface area contributed by atoms with Gasteiger partial charge in [-0.05, 0) is 25.0 Å². The van der Waals surface area contributed by atoms with Crippen molar-refractivity contribution in [2.45, 2.75) is 13.3 Å². The molecule has 0 aliphatic carbocycles. The minimum Gasteiger partial charge on any atom is -0.355 e. The minimum absolute atomic E-state index is 0.0866. The Bertz CT molecular complexity index is 813. The minimum atomic E-state index is -0.0866. The molecule has 0 bridgehead atoms. The topological polar surface area (TPSA) is 59.2 Å². The van der Waals surface area contributed by atoms with Crippen LogP contribution in [-0.4, -0.2) is 34.5 Å². The van der Waals surface area contributed by atoms with Crippen molar-refractivity contribution < 1.29 is 9.32 Å². The average Bonchev–Trinajstić information content (AvgIpc) is 3.02. The number of benzene rings is 1. The number of aryl methyl sites for hydroxylation is 1. The normalized spacial score (nSPS) is 10.6. The van der Waals surface area contributed by atoms with Crippen LogP contribution < -0.4 is 0 Å². The zero-order valence-electron chi connectivity index (χ0n) is 13.8. The monoisotopic (exact) mass is 321 g/mol. The molecule has 0 aliphatic rings. The Hall–Kier alpha value is -2.95. The maximum atomic E-state index is 12.9. The number of hydrogen-bond donors (Lipinski definition) is 0. The first-order valence-electron chi connectivity index (χ1n) is 7.83. The summed E-state index contributed by atoms with van der Waals surface area (Å²) in [6.07, 6.45) is 4.31. The van der Waals surface area contributed by atoms with E-state index in [2.05, 4.69) is 10.1 Å². The third-order valence-corrected chi connectivity index (χ3v) is 3.92. The van der Waals surface area contributed by atoms with E-state index in [1.54, 1.807) is 25.1 Å². The van der Waals surface area contributed by atoms with E-state index >= 15 is 0 Å². The van der Waals surface area contributed by atoms with Gasteiger partial charge < -0.3 is 9.42 Å². The number of nitrogens with zero attached hydrogens (tertiary/aromatic N) is 3. The number of likely N-dealkylation sites (N-methyl/N-ethyl adjacent to an activating group) is 1. The fourth-order valence-electron chi connectivity index (χ4n) is 2.54. The van der Waals surface area contributed by atoms with Gasteiger partial charge in [0.15, 0.2) is 5.76 Å². The van der Waals surface area contributed by atoms with Crippen LogP contribution in [0.3, 0.4) is 0 Å². The van der Waals surface area contributed by atoms with Crippen LogP contribution in [0.15, 0.2) is 59.4 Å². The van der Waals surface area contributed by atoms with E-state index in [-0.39, 0.29) is 5.91 Å². The second-order valence-corrected chi connectivity index (χ2v) is 5.68. The van der Waals surface area contributed by atoms with E-state index in [1.165, 1.54) is 0 Å². The number of rotatable bonds is 5. The first-order valence-corrected chi connectivity index (χ1v) is 7.83. The van der Waals surface area contributed by atoms with Crippen molar-refractivity contribution in [2.24, 2.45) is 0 Å². The number of aromatic nitrogens is 2. The third-order valence-electron chi connectivity index (χ3n) is 3.92. The molecule has 0 saturated heterocycles. The molecule has 0 unspecified atom stereocenters. The predicted octanol–water partition coefficient (Wildman–Crippen LogP) is 3.36. The highest BCUT2D eigenvalue weighted by Gasteiger charge is 2.24. The largest absolute Gasteiger partial charge is 0.355 e. The van der Waals surface area contributed by atoms with Gasteiger partial charge in [0.05, 0.1) is 5.69 Å². The molecule has 0 saturated carbocycles. The van der Waals surface area contributed by atoms with Crippen molar-refractivity contribution in [3.8, 4) is 11.3 Å². The molecular weight excluding hydrogens is 302 g/mol. The predicted molar refractivity (Wildman–Crippen MR) is 91.6 cm³/mol. The Morgan fingerprint density at radius 2 is 1.96 bits per heavy atom. The molecule has 0 N–H and O–H groups in total. The highest BCUT2D eigenvalue weighted by Crippen LogP contribution is 2.27. The molecule has 0 atom stereocenters. The van der Waals surface area contributed by atoms with Crippen LogP contribution in [0.4, 0.5) is 0 Å². The van der Waals surface area contributed by atoms with Gasteiger partial charge in [-0.3, -0.25) is 9.78 Å². The van der Waals surface area contributed by atoms with E-state index in [1.807, 2.05) is 48.7 Å². The van der Waals surface area contributed by atoms with Crippen LogP contribution >= 0.6 is 0 Å². The van der Waals surface area contributed by atoms with Crippen molar-refractivity contribution >= 4 is 5.91 Å². The van der Waals surface area contributed by atoms with E-state index in [9.17, 15) is 4.79 Å².